The standard InChI is InChI=1S/C17H17ClFN3O2/c1-22(2)12-8-6-11(7-9-12)21-15(23)10-20-17(24)16-13(18)4-3-5-14(16)19/h3-9H,10H2,1-2H3,(H,20,24)(H,21,23). The zero-order valence-electron chi connectivity index (χ0n) is 13.3. The Morgan fingerprint density at radius 3 is 2.38 bits per heavy atom. The fraction of sp³-hybridized carbons (Fsp3) is 0.176. The molecule has 2 aromatic rings. The highest BCUT2D eigenvalue weighted by Crippen LogP contribution is 2.18. The minimum absolute atomic E-state index is 0.00724. The Kier molecular flexibility index (Phi) is 5.76. The molecule has 2 amide bonds. The number of hydrogen-bond donors (Lipinski definition) is 2. The average Bonchev–Trinajstić information content (AvgIpc) is 2.53. The van der Waals surface area contributed by atoms with E-state index < -0.39 is 17.6 Å². The van der Waals surface area contributed by atoms with Crippen LogP contribution in [0.4, 0.5) is 15.8 Å². The van der Waals surface area contributed by atoms with Gasteiger partial charge < -0.3 is 15.5 Å². The fourth-order valence-electron chi connectivity index (χ4n) is 2.01. The lowest BCUT2D eigenvalue weighted by molar-refractivity contribution is -0.115. The normalized spacial score (nSPS) is 10.2. The van der Waals surface area contributed by atoms with Crippen LogP contribution in [0.5, 0.6) is 0 Å². The van der Waals surface area contributed by atoms with Crippen molar-refractivity contribution in [1.82, 2.24) is 5.32 Å². The summed E-state index contributed by atoms with van der Waals surface area (Å²) in [5, 5.41) is 4.98. The maximum Gasteiger partial charge on any atom is 0.256 e. The summed E-state index contributed by atoms with van der Waals surface area (Å²) in [6, 6.07) is 11.2. The maximum atomic E-state index is 13.6. The Morgan fingerprint density at radius 1 is 1.12 bits per heavy atom. The molecule has 0 atom stereocenters. The first-order valence-electron chi connectivity index (χ1n) is 7.18. The van der Waals surface area contributed by atoms with Gasteiger partial charge in [0.1, 0.15) is 5.82 Å². The second-order valence-electron chi connectivity index (χ2n) is 5.27. The molecular formula is C17H17ClFN3O2. The number of anilines is 2. The minimum Gasteiger partial charge on any atom is -0.378 e. The number of rotatable bonds is 5. The molecule has 0 saturated carbocycles. The average molecular weight is 350 g/mol. The number of nitrogens with one attached hydrogen (secondary N) is 2. The number of carbonyl (C=O) groups is 2. The number of halogens is 2. The molecule has 0 unspecified atom stereocenters. The van der Waals surface area contributed by atoms with Crippen LogP contribution in [-0.4, -0.2) is 32.5 Å². The summed E-state index contributed by atoms with van der Waals surface area (Å²) >= 11 is 5.80. The number of benzene rings is 2. The van der Waals surface area contributed by atoms with Crippen LogP contribution in [0.15, 0.2) is 42.5 Å². The molecule has 126 valence electrons. The molecule has 5 nitrogen and oxygen atoms in total. The molecular weight excluding hydrogens is 333 g/mol. The van der Waals surface area contributed by atoms with E-state index in [1.54, 1.807) is 12.1 Å². The molecule has 0 saturated heterocycles. The molecule has 2 N–H and O–H groups in total. The van der Waals surface area contributed by atoms with Gasteiger partial charge in [-0.25, -0.2) is 4.39 Å². The summed E-state index contributed by atoms with van der Waals surface area (Å²) in [6.45, 7) is -0.293. The SMILES string of the molecule is CN(C)c1ccc(NC(=O)CNC(=O)c2c(F)cccc2Cl)cc1. The summed E-state index contributed by atoms with van der Waals surface area (Å²) in [7, 11) is 3.83. The van der Waals surface area contributed by atoms with Crippen LogP contribution < -0.4 is 15.5 Å². The van der Waals surface area contributed by atoms with Gasteiger partial charge in [-0.1, -0.05) is 17.7 Å². The lowest BCUT2D eigenvalue weighted by atomic mass is 10.2. The molecule has 0 fully saturated rings. The van der Waals surface area contributed by atoms with Crippen LogP contribution in [0, 0.1) is 5.82 Å². The molecule has 0 radical (unpaired) electrons. The lowest BCUT2D eigenvalue weighted by Crippen LogP contribution is -2.33. The number of hydrogen-bond acceptors (Lipinski definition) is 3. The Morgan fingerprint density at radius 2 is 1.79 bits per heavy atom. The topological polar surface area (TPSA) is 61.4 Å². The van der Waals surface area contributed by atoms with E-state index in [-0.39, 0.29) is 17.1 Å². The van der Waals surface area contributed by atoms with Crippen LogP contribution in [0.1, 0.15) is 10.4 Å². The molecule has 2 aromatic carbocycles. The van der Waals surface area contributed by atoms with Gasteiger partial charge in [0, 0.05) is 25.5 Å². The second-order valence-corrected chi connectivity index (χ2v) is 5.68. The Bertz CT molecular complexity index is 728. The van der Waals surface area contributed by atoms with E-state index in [2.05, 4.69) is 10.6 Å². The zero-order chi connectivity index (χ0) is 17.7. The summed E-state index contributed by atoms with van der Waals surface area (Å²) in [5.41, 5.74) is 1.32. The summed E-state index contributed by atoms with van der Waals surface area (Å²) in [4.78, 5) is 25.8. The van der Waals surface area contributed by atoms with Crippen LogP contribution >= 0.6 is 11.6 Å². The van der Waals surface area contributed by atoms with Gasteiger partial charge in [-0.15, -0.1) is 0 Å². The summed E-state index contributed by atoms with van der Waals surface area (Å²) in [5.74, 6) is -1.90. The molecule has 2 rings (SSSR count). The quantitative estimate of drug-likeness (QED) is 0.872. The highest BCUT2D eigenvalue weighted by atomic mass is 35.5. The van der Waals surface area contributed by atoms with Gasteiger partial charge in [0.2, 0.25) is 5.91 Å². The summed E-state index contributed by atoms with van der Waals surface area (Å²) in [6.07, 6.45) is 0. The zero-order valence-corrected chi connectivity index (χ0v) is 14.0. The van der Waals surface area contributed by atoms with Gasteiger partial charge >= 0.3 is 0 Å². The van der Waals surface area contributed by atoms with Crippen molar-refractivity contribution in [3.63, 3.8) is 0 Å². The van der Waals surface area contributed by atoms with Crippen molar-refractivity contribution in [3.05, 3.63) is 58.9 Å². The van der Waals surface area contributed by atoms with Crippen LogP contribution in [-0.2, 0) is 4.79 Å². The monoisotopic (exact) mass is 349 g/mol. The lowest BCUT2D eigenvalue weighted by Gasteiger charge is -2.13. The van der Waals surface area contributed by atoms with E-state index >= 15 is 0 Å². The van der Waals surface area contributed by atoms with E-state index in [0.29, 0.717) is 5.69 Å². The number of amides is 2. The van der Waals surface area contributed by atoms with Crippen molar-refractivity contribution in [2.24, 2.45) is 0 Å². The Labute approximate surface area is 144 Å². The third kappa shape index (κ3) is 4.45. The van der Waals surface area contributed by atoms with Crippen molar-refractivity contribution in [2.45, 2.75) is 0 Å². The molecule has 24 heavy (non-hydrogen) atoms. The van der Waals surface area contributed by atoms with Crippen molar-refractivity contribution in [3.8, 4) is 0 Å². The van der Waals surface area contributed by atoms with E-state index in [0.717, 1.165) is 11.8 Å². The Hall–Kier alpha value is -2.60. The first-order valence-corrected chi connectivity index (χ1v) is 7.55. The Balaban J connectivity index is 1.92. The number of nitrogens with zero attached hydrogens (tertiary/aromatic N) is 1. The van der Waals surface area contributed by atoms with Crippen molar-refractivity contribution >= 4 is 34.8 Å². The van der Waals surface area contributed by atoms with Crippen molar-refractivity contribution in [1.29, 1.82) is 0 Å². The molecule has 0 aromatic heterocycles. The summed E-state index contributed by atoms with van der Waals surface area (Å²) < 4.78 is 13.6. The first-order chi connectivity index (χ1) is 11.4. The second kappa shape index (κ2) is 7.79. The predicted octanol–water partition coefficient (Wildman–Crippen LogP) is 2.91. The molecule has 0 bridgehead atoms. The highest BCUT2D eigenvalue weighted by Gasteiger charge is 2.16. The molecule has 0 heterocycles. The fourth-order valence-corrected chi connectivity index (χ4v) is 2.26. The van der Waals surface area contributed by atoms with Crippen molar-refractivity contribution < 1.29 is 14.0 Å². The van der Waals surface area contributed by atoms with E-state index in [1.807, 2.05) is 31.1 Å². The van der Waals surface area contributed by atoms with Gasteiger partial charge in [-0.3, -0.25) is 9.59 Å². The van der Waals surface area contributed by atoms with Gasteiger partial charge in [0.05, 0.1) is 17.1 Å². The third-order valence-electron chi connectivity index (χ3n) is 3.27. The van der Waals surface area contributed by atoms with Gasteiger partial charge in [-0.05, 0) is 36.4 Å². The largest absolute Gasteiger partial charge is 0.378 e. The molecule has 7 heteroatoms. The van der Waals surface area contributed by atoms with Crippen LogP contribution in [0.3, 0.4) is 0 Å². The first kappa shape index (κ1) is 17.7. The van der Waals surface area contributed by atoms with Crippen LogP contribution in [0.2, 0.25) is 5.02 Å². The van der Waals surface area contributed by atoms with Gasteiger partial charge in [-0.2, -0.15) is 0 Å². The molecule has 0 aliphatic heterocycles. The van der Waals surface area contributed by atoms with E-state index in [1.165, 1.54) is 12.1 Å². The predicted molar refractivity (Wildman–Crippen MR) is 93.1 cm³/mol. The highest BCUT2D eigenvalue weighted by molar-refractivity contribution is 6.33. The van der Waals surface area contributed by atoms with E-state index in [4.69, 9.17) is 11.6 Å². The molecule has 0 aliphatic rings. The van der Waals surface area contributed by atoms with Crippen LogP contribution in [0.25, 0.3) is 0 Å². The van der Waals surface area contributed by atoms with Gasteiger partial charge in [0.25, 0.3) is 5.91 Å². The van der Waals surface area contributed by atoms with Gasteiger partial charge in [0.15, 0.2) is 0 Å². The smallest absolute Gasteiger partial charge is 0.256 e. The van der Waals surface area contributed by atoms with Crippen molar-refractivity contribution in [2.75, 3.05) is 30.9 Å². The number of carbonyl (C=O) groups excluding carboxylic acids is 2. The third-order valence-corrected chi connectivity index (χ3v) is 3.58. The maximum absolute atomic E-state index is 13.6. The molecule has 0 aliphatic carbocycles. The minimum atomic E-state index is -0.740. The van der Waals surface area contributed by atoms with E-state index in [9.17, 15) is 14.0 Å². The molecule has 0 spiro atoms.